The second-order valence-electron chi connectivity index (χ2n) is 3.01. The highest BCUT2D eigenvalue weighted by Crippen LogP contribution is 2.25. The van der Waals surface area contributed by atoms with Gasteiger partial charge in [-0.1, -0.05) is 11.6 Å². The van der Waals surface area contributed by atoms with E-state index in [-0.39, 0.29) is 5.56 Å². The minimum atomic E-state index is -0.991. The summed E-state index contributed by atoms with van der Waals surface area (Å²) in [7, 11) is 0. The van der Waals surface area contributed by atoms with Crippen LogP contribution in [0, 0.1) is 6.92 Å². The van der Waals surface area contributed by atoms with Crippen LogP contribution >= 0.6 is 11.6 Å². The Hall–Kier alpha value is -1.55. The average molecular weight is 211 g/mol. The quantitative estimate of drug-likeness (QED) is 0.759. The SMILES string of the molecule is Cc1[nH]nc2c(Cl)cc(C(=O)O)cc12. The summed E-state index contributed by atoms with van der Waals surface area (Å²) in [6.45, 7) is 1.82. The molecule has 0 unspecified atom stereocenters. The lowest BCUT2D eigenvalue weighted by Gasteiger charge is -1.97. The van der Waals surface area contributed by atoms with Crippen molar-refractivity contribution in [2.45, 2.75) is 6.92 Å². The van der Waals surface area contributed by atoms with Gasteiger partial charge in [-0.15, -0.1) is 0 Å². The average Bonchev–Trinajstić information content (AvgIpc) is 2.48. The van der Waals surface area contributed by atoms with Crippen molar-refractivity contribution in [3.05, 3.63) is 28.4 Å². The molecule has 0 amide bonds. The minimum absolute atomic E-state index is 0.173. The van der Waals surface area contributed by atoms with E-state index in [1.54, 1.807) is 6.07 Å². The number of aromatic amines is 1. The number of hydrogen-bond acceptors (Lipinski definition) is 2. The molecule has 2 rings (SSSR count). The Balaban J connectivity index is 2.82. The second kappa shape index (κ2) is 2.99. The van der Waals surface area contributed by atoms with Gasteiger partial charge in [0.25, 0.3) is 0 Å². The topological polar surface area (TPSA) is 66.0 Å². The zero-order chi connectivity index (χ0) is 10.3. The fourth-order valence-electron chi connectivity index (χ4n) is 1.32. The summed E-state index contributed by atoms with van der Waals surface area (Å²) in [5.41, 5.74) is 1.59. The first-order valence-electron chi connectivity index (χ1n) is 3.97. The molecule has 72 valence electrons. The Kier molecular flexibility index (Phi) is 1.93. The number of aryl methyl sites for hydroxylation is 1. The zero-order valence-electron chi connectivity index (χ0n) is 7.34. The van der Waals surface area contributed by atoms with E-state index >= 15 is 0 Å². The van der Waals surface area contributed by atoms with Crippen molar-refractivity contribution in [1.29, 1.82) is 0 Å². The van der Waals surface area contributed by atoms with Gasteiger partial charge < -0.3 is 5.11 Å². The highest BCUT2D eigenvalue weighted by atomic mass is 35.5. The van der Waals surface area contributed by atoms with Gasteiger partial charge in [0.15, 0.2) is 0 Å². The summed E-state index contributed by atoms with van der Waals surface area (Å²) in [6, 6.07) is 2.95. The number of carboxylic acid groups (broad SMARTS) is 1. The third-order valence-electron chi connectivity index (χ3n) is 2.05. The van der Waals surface area contributed by atoms with E-state index < -0.39 is 5.97 Å². The van der Waals surface area contributed by atoms with Crippen LogP contribution in [0.5, 0.6) is 0 Å². The first-order chi connectivity index (χ1) is 6.59. The first kappa shape index (κ1) is 9.02. The maximum Gasteiger partial charge on any atom is 0.335 e. The Morgan fingerprint density at radius 2 is 2.29 bits per heavy atom. The summed E-state index contributed by atoms with van der Waals surface area (Å²) >= 11 is 5.87. The van der Waals surface area contributed by atoms with Gasteiger partial charge in [0.05, 0.1) is 10.6 Å². The predicted octanol–water partition coefficient (Wildman–Crippen LogP) is 2.22. The van der Waals surface area contributed by atoms with Gasteiger partial charge in [0.1, 0.15) is 5.52 Å². The molecule has 0 fully saturated rings. The smallest absolute Gasteiger partial charge is 0.335 e. The van der Waals surface area contributed by atoms with E-state index in [0.29, 0.717) is 10.5 Å². The third kappa shape index (κ3) is 1.24. The fraction of sp³-hybridized carbons (Fsp3) is 0.111. The zero-order valence-corrected chi connectivity index (χ0v) is 8.09. The molecule has 0 spiro atoms. The molecule has 0 saturated heterocycles. The van der Waals surface area contributed by atoms with Gasteiger partial charge in [-0.2, -0.15) is 5.10 Å². The van der Waals surface area contributed by atoms with Crippen molar-refractivity contribution in [1.82, 2.24) is 10.2 Å². The molecule has 4 nitrogen and oxygen atoms in total. The van der Waals surface area contributed by atoms with E-state index in [1.807, 2.05) is 6.92 Å². The van der Waals surface area contributed by atoms with Crippen molar-refractivity contribution in [2.75, 3.05) is 0 Å². The van der Waals surface area contributed by atoms with Crippen molar-refractivity contribution < 1.29 is 9.90 Å². The molecule has 5 heteroatoms. The monoisotopic (exact) mass is 210 g/mol. The van der Waals surface area contributed by atoms with E-state index in [9.17, 15) is 4.79 Å². The molecule has 0 aliphatic heterocycles. The second-order valence-corrected chi connectivity index (χ2v) is 3.42. The van der Waals surface area contributed by atoms with Gasteiger partial charge in [-0.3, -0.25) is 5.10 Å². The summed E-state index contributed by atoms with van der Waals surface area (Å²) in [4.78, 5) is 10.7. The van der Waals surface area contributed by atoms with E-state index in [1.165, 1.54) is 6.07 Å². The highest BCUT2D eigenvalue weighted by molar-refractivity contribution is 6.35. The molecule has 14 heavy (non-hydrogen) atoms. The van der Waals surface area contributed by atoms with Crippen LogP contribution in [0.1, 0.15) is 16.1 Å². The molecule has 0 aliphatic carbocycles. The van der Waals surface area contributed by atoms with Gasteiger partial charge in [0.2, 0.25) is 0 Å². The van der Waals surface area contributed by atoms with Crippen LogP contribution in [0.3, 0.4) is 0 Å². The number of carbonyl (C=O) groups is 1. The van der Waals surface area contributed by atoms with Crippen LogP contribution < -0.4 is 0 Å². The van der Waals surface area contributed by atoms with Crippen LogP contribution in [0.4, 0.5) is 0 Å². The van der Waals surface area contributed by atoms with Crippen LogP contribution in [-0.2, 0) is 0 Å². The standard InChI is InChI=1S/C9H7ClN2O2/c1-4-6-2-5(9(13)14)3-7(10)8(6)12-11-4/h2-3H,1H3,(H,11,12)(H,13,14). The summed E-state index contributed by atoms with van der Waals surface area (Å²) in [5, 5.41) is 16.6. The molecule has 0 radical (unpaired) electrons. The van der Waals surface area contributed by atoms with Crippen molar-refractivity contribution >= 4 is 28.5 Å². The number of aromatic nitrogens is 2. The third-order valence-corrected chi connectivity index (χ3v) is 2.34. The molecule has 1 aromatic heterocycles. The lowest BCUT2D eigenvalue weighted by atomic mass is 10.1. The normalized spacial score (nSPS) is 10.7. The highest BCUT2D eigenvalue weighted by Gasteiger charge is 2.11. The number of halogens is 1. The number of fused-ring (bicyclic) bond motifs is 1. The molecule has 0 aliphatic rings. The lowest BCUT2D eigenvalue weighted by Crippen LogP contribution is -1.95. The van der Waals surface area contributed by atoms with Crippen LogP contribution in [-0.4, -0.2) is 21.3 Å². The number of aromatic carboxylic acids is 1. The van der Waals surface area contributed by atoms with E-state index in [4.69, 9.17) is 16.7 Å². The predicted molar refractivity (Wildman–Crippen MR) is 52.8 cm³/mol. The summed E-state index contributed by atoms with van der Waals surface area (Å²) in [6.07, 6.45) is 0. The number of nitrogens with one attached hydrogen (secondary N) is 1. The maximum atomic E-state index is 10.7. The van der Waals surface area contributed by atoms with E-state index in [0.717, 1.165) is 11.1 Å². The number of benzene rings is 1. The number of rotatable bonds is 1. The van der Waals surface area contributed by atoms with Crippen molar-refractivity contribution in [3.63, 3.8) is 0 Å². The molecule has 0 bridgehead atoms. The first-order valence-corrected chi connectivity index (χ1v) is 4.35. The van der Waals surface area contributed by atoms with Gasteiger partial charge in [-0.05, 0) is 19.1 Å². The minimum Gasteiger partial charge on any atom is -0.478 e. The fourth-order valence-corrected chi connectivity index (χ4v) is 1.58. The largest absolute Gasteiger partial charge is 0.478 e. The van der Waals surface area contributed by atoms with E-state index in [2.05, 4.69) is 10.2 Å². The Labute approximate surface area is 84.5 Å². The molecular formula is C9H7ClN2O2. The van der Waals surface area contributed by atoms with Gasteiger partial charge in [0, 0.05) is 11.1 Å². The van der Waals surface area contributed by atoms with Crippen molar-refractivity contribution in [2.24, 2.45) is 0 Å². The number of H-pyrrole nitrogens is 1. The molecule has 2 aromatic rings. The Morgan fingerprint density at radius 3 is 2.93 bits per heavy atom. The number of carboxylic acids is 1. The molecule has 1 aromatic carbocycles. The van der Waals surface area contributed by atoms with Crippen molar-refractivity contribution in [3.8, 4) is 0 Å². The Bertz CT molecular complexity index is 519. The lowest BCUT2D eigenvalue weighted by molar-refractivity contribution is 0.0697. The van der Waals surface area contributed by atoms with Gasteiger partial charge >= 0.3 is 5.97 Å². The summed E-state index contributed by atoms with van der Waals surface area (Å²) < 4.78 is 0. The maximum absolute atomic E-state index is 10.7. The molecule has 0 saturated carbocycles. The van der Waals surface area contributed by atoms with Crippen LogP contribution in [0.15, 0.2) is 12.1 Å². The summed E-state index contributed by atoms with van der Waals surface area (Å²) in [5.74, 6) is -0.991. The number of nitrogens with zero attached hydrogens (tertiary/aromatic N) is 1. The molecular weight excluding hydrogens is 204 g/mol. The number of hydrogen-bond donors (Lipinski definition) is 2. The van der Waals surface area contributed by atoms with Gasteiger partial charge in [-0.25, -0.2) is 4.79 Å². The molecule has 0 atom stereocenters. The van der Waals surface area contributed by atoms with Crippen LogP contribution in [0.25, 0.3) is 10.9 Å². The Morgan fingerprint density at radius 1 is 1.57 bits per heavy atom. The molecule has 1 heterocycles. The van der Waals surface area contributed by atoms with Crippen LogP contribution in [0.2, 0.25) is 5.02 Å². The molecule has 2 N–H and O–H groups in total.